The molecule has 0 saturated carbocycles. The first-order valence-corrected chi connectivity index (χ1v) is 5.93. The van der Waals surface area contributed by atoms with Gasteiger partial charge in [0.15, 0.2) is 0 Å². The molecule has 1 aromatic carbocycles. The van der Waals surface area contributed by atoms with Gasteiger partial charge in [-0.15, -0.1) is 0 Å². The number of ether oxygens (including phenoxy) is 1. The van der Waals surface area contributed by atoms with E-state index in [1.165, 1.54) is 0 Å². The van der Waals surface area contributed by atoms with Crippen LogP contribution in [0.1, 0.15) is 25.3 Å². The van der Waals surface area contributed by atoms with Gasteiger partial charge >= 0.3 is 0 Å². The van der Waals surface area contributed by atoms with Gasteiger partial charge in [-0.3, -0.25) is 4.79 Å². The molecule has 0 spiro atoms. The summed E-state index contributed by atoms with van der Waals surface area (Å²) in [4.78, 5) is 10.5. The minimum atomic E-state index is -0.280. The lowest BCUT2D eigenvalue weighted by atomic mass is 10.2. The fourth-order valence-electron chi connectivity index (χ4n) is 1.41. The van der Waals surface area contributed by atoms with Crippen LogP contribution in [0.15, 0.2) is 24.3 Å². The van der Waals surface area contributed by atoms with E-state index in [-0.39, 0.29) is 5.91 Å². The Morgan fingerprint density at radius 3 is 3.00 bits per heavy atom. The van der Waals surface area contributed by atoms with Crippen molar-refractivity contribution in [3.05, 3.63) is 29.8 Å². The van der Waals surface area contributed by atoms with Crippen molar-refractivity contribution in [2.75, 3.05) is 13.2 Å². The molecule has 3 N–H and O–H groups in total. The largest absolute Gasteiger partial charge is 0.494 e. The third-order valence-electron chi connectivity index (χ3n) is 2.25. The Morgan fingerprint density at radius 2 is 2.29 bits per heavy atom. The Hall–Kier alpha value is -1.55. The zero-order valence-electron chi connectivity index (χ0n) is 10.2. The normalized spacial score (nSPS) is 10.2. The molecule has 0 aliphatic rings. The van der Waals surface area contributed by atoms with Gasteiger partial charge in [-0.2, -0.15) is 0 Å². The number of hydrogen-bond donors (Lipinski definition) is 2. The summed E-state index contributed by atoms with van der Waals surface area (Å²) in [5, 5.41) is 3.16. The predicted octanol–water partition coefficient (Wildman–Crippen LogP) is 1.44. The summed E-state index contributed by atoms with van der Waals surface area (Å²) in [5.41, 5.74) is 6.19. The second-order valence-corrected chi connectivity index (χ2v) is 3.89. The quantitative estimate of drug-likeness (QED) is 0.671. The van der Waals surface area contributed by atoms with Crippen molar-refractivity contribution in [1.82, 2.24) is 5.32 Å². The number of carbonyl (C=O) groups excluding carboxylic acids is 1. The highest BCUT2D eigenvalue weighted by molar-refractivity contribution is 5.73. The lowest BCUT2D eigenvalue weighted by molar-refractivity contribution is -0.117. The number of rotatable bonds is 8. The van der Waals surface area contributed by atoms with Gasteiger partial charge in [-0.05, 0) is 24.1 Å². The minimum Gasteiger partial charge on any atom is -0.494 e. The average molecular weight is 236 g/mol. The maximum absolute atomic E-state index is 10.5. The highest BCUT2D eigenvalue weighted by atomic mass is 16.5. The van der Waals surface area contributed by atoms with Crippen LogP contribution in [0.25, 0.3) is 0 Å². The van der Waals surface area contributed by atoms with Crippen LogP contribution >= 0.6 is 0 Å². The first-order valence-electron chi connectivity index (χ1n) is 5.93. The molecule has 94 valence electrons. The molecule has 4 nitrogen and oxygen atoms in total. The Bertz CT molecular complexity index is 353. The van der Waals surface area contributed by atoms with Crippen LogP contribution in [0.4, 0.5) is 0 Å². The molecule has 1 rings (SSSR count). The Morgan fingerprint density at radius 1 is 1.47 bits per heavy atom. The maximum Gasteiger partial charge on any atom is 0.218 e. The summed E-state index contributed by atoms with van der Waals surface area (Å²) >= 11 is 0. The highest BCUT2D eigenvalue weighted by Gasteiger charge is 1.98. The van der Waals surface area contributed by atoms with Gasteiger partial charge < -0.3 is 15.8 Å². The molecule has 1 amide bonds. The van der Waals surface area contributed by atoms with Crippen LogP contribution in [-0.2, 0) is 11.3 Å². The van der Waals surface area contributed by atoms with Crippen LogP contribution in [0.2, 0.25) is 0 Å². The first kappa shape index (κ1) is 13.5. The zero-order valence-corrected chi connectivity index (χ0v) is 10.2. The fourth-order valence-corrected chi connectivity index (χ4v) is 1.41. The van der Waals surface area contributed by atoms with Gasteiger partial charge in [0, 0.05) is 19.5 Å². The van der Waals surface area contributed by atoms with Crippen molar-refractivity contribution < 1.29 is 9.53 Å². The maximum atomic E-state index is 10.5. The number of nitrogens with two attached hydrogens (primary N) is 1. The molecule has 0 bridgehead atoms. The van der Waals surface area contributed by atoms with Crippen molar-refractivity contribution in [1.29, 1.82) is 0 Å². The van der Waals surface area contributed by atoms with Gasteiger partial charge in [0.1, 0.15) is 5.75 Å². The molecule has 17 heavy (non-hydrogen) atoms. The highest BCUT2D eigenvalue weighted by Crippen LogP contribution is 2.13. The third kappa shape index (κ3) is 5.92. The summed E-state index contributed by atoms with van der Waals surface area (Å²) in [6, 6.07) is 7.95. The molecule has 0 radical (unpaired) electrons. The number of carbonyl (C=O) groups is 1. The van der Waals surface area contributed by atoms with Crippen molar-refractivity contribution in [3.8, 4) is 5.75 Å². The average Bonchev–Trinajstić information content (AvgIpc) is 2.32. The van der Waals surface area contributed by atoms with E-state index in [4.69, 9.17) is 10.5 Å². The molecule has 0 heterocycles. The molecule has 0 aromatic heterocycles. The Kier molecular flexibility index (Phi) is 6.10. The molecule has 1 aromatic rings. The van der Waals surface area contributed by atoms with Crippen molar-refractivity contribution in [2.24, 2.45) is 5.73 Å². The molecule has 0 fully saturated rings. The third-order valence-corrected chi connectivity index (χ3v) is 2.25. The van der Waals surface area contributed by atoms with Crippen LogP contribution in [-0.4, -0.2) is 19.1 Å². The van der Waals surface area contributed by atoms with Gasteiger partial charge in [0.25, 0.3) is 0 Å². The minimum absolute atomic E-state index is 0.280. The van der Waals surface area contributed by atoms with E-state index in [0.29, 0.717) is 13.0 Å². The van der Waals surface area contributed by atoms with E-state index >= 15 is 0 Å². The molecular formula is C13H20N2O2. The number of primary amides is 1. The van der Waals surface area contributed by atoms with E-state index in [9.17, 15) is 4.79 Å². The summed E-state index contributed by atoms with van der Waals surface area (Å²) in [7, 11) is 0. The van der Waals surface area contributed by atoms with Crippen LogP contribution in [0.3, 0.4) is 0 Å². The molecular weight excluding hydrogens is 216 g/mol. The van der Waals surface area contributed by atoms with Crippen molar-refractivity contribution in [3.63, 3.8) is 0 Å². The molecule has 0 aliphatic heterocycles. The second-order valence-electron chi connectivity index (χ2n) is 3.89. The molecule has 4 heteroatoms. The van der Waals surface area contributed by atoms with Crippen LogP contribution in [0, 0.1) is 0 Å². The summed E-state index contributed by atoms with van der Waals surface area (Å²) in [5.74, 6) is 0.610. The standard InChI is InChI=1S/C13H20N2O2/c1-2-8-17-12-5-3-4-11(9-12)10-15-7-6-13(14)16/h3-5,9,15H,2,6-8,10H2,1H3,(H2,14,16). The van der Waals surface area contributed by atoms with Crippen molar-refractivity contribution in [2.45, 2.75) is 26.3 Å². The van der Waals surface area contributed by atoms with Gasteiger partial charge in [0.2, 0.25) is 5.91 Å². The molecule has 0 atom stereocenters. The molecule has 0 unspecified atom stereocenters. The van der Waals surface area contributed by atoms with Crippen LogP contribution in [0.5, 0.6) is 5.75 Å². The zero-order chi connectivity index (χ0) is 12.5. The number of benzene rings is 1. The number of hydrogen-bond acceptors (Lipinski definition) is 3. The van der Waals surface area contributed by atoms with Crippen molar-refractivity contribution >= 4 is 5.91 Å². The lowest BCUT2D eigenvalue weighted by Gasteiger charge is -2.07. The van der Waals surface area contributed by atoms with E-state index in [1.807, 2.05) is 24.3 Å². The molecule has 0 saturated heterocycles. The lowest BCUT2D eigenvalue weighted by Crippen LogP contribution is -2.21. The van der Waals surface area contributed by atoms with Crippen LogP contribution < -0.4 is 15.8 Å². The Balaban J connectivity index is 2.34. The summed E-state index contributed by atoms with van der Waals surface area (Å²) in [6.45, 7) is 4.14. The summed E-state index contributed by atoms with van der Waals surface area (Å²) < 4.78 is 5.54. The Labute approximate surface area is 102 Å². The van der Waals surface area contributed by atoms with E-state index in [0.717, 1.165) is 30.9 Å². The SMILES string of the molecule is CCCOc1cccc(CNCCC(N)=O)c1. The van der Waals surface area contributed by atoms with E-state index < -0.39 is 0 Å². The van der Waals surface area contributed by atoms with Gasteiger partial charge in [0.05, 0.1) is 6.61 Å². The number of amides is 1. The van der Waals surface area contributed by atoms with E-state index in [2.05, 4.69) is 12.2 Å². The van der Waals surface area contributed by atoms with E-state index in [1.54, 1.807) is 0 Å². The van der Waals surface area contributed by atoms with Gasteiger partial charge in [-0.25, -0.2) is 0 Å². The first-order chi connectivity index (χ1) is 8.22. The summed E-state index contributed by atoms with van der Waals surface area (Å²) in [6.07, 6.45) is 1.37. The fraction of sp³-hybridized carbons (Fsp3) is 0.462. The number of nitrogens with one attached hydrogen (secondary N) is 1. The predicted molar refractivity (Wildman–Crippen MR) is 67.7 cm³/mol. The second kappa shape index (κ2) is 7.68. The van der Waals surface area contributed by atoms with Gasteiger partial charge in [-0.1, -0.05) is 19.1 Å². The smallest absolute Gasteiger partial charge is 0.218 e. The molecule has 0 aliphatic carbocycles. The monoisotopic (exact) mass is 236 g/mol. The topological polar surface area (TPSA) is 64.3 Å².